The van der Waals surface area contributed by atoms with Crippen molar-refractivity contribution < 1.29 is 9.59 Å². The van der Waals surface area contributed by atoms with Crippen LogP contribution in [0, 0.1) is 19.8 Å². The molecular formula is C24H32N2O2. The summed E-state index contributed by atoms with van der Waals surface area (Å²) >= 11 is 0. The van der Waals surface area contributed by atoms with Crippen LogP contribution in [0.3, 0.4) is 0 Å². The van der Waals surface area contributed by atoms with Gasteiger partial charge in [0.25, 0.3) is 0 Å². The topological polar surface area (TPSA) is 49.4 Å². The summed E-state index contributed by atoms with van der Waals surface area (Å²) in [7, 11) is 0. The summed E-state index contributed by atoms with van der Waals surface area (Å²) in [6.45, 7) is 11.0. The molecule has 1 unspecified atom stereocenters. The van der Waals surface area contributed by atoms with E-state index < -0.39 is 6.04 Å². The van der Waals surface area contributed by atoms with Crippen LogP contribution in [0.25, 0.3) is 0 Å². The number of nitrogens with one attached hydrogen (secondary N) is 1. The zero-order chi connectivity index (χ0) is 20.7. The van der Waals surface area contributed by atoms with Gasteiger partial charge in [0.05, 0.1) is 6.42 Å². The maximum absolute atomic E-state index is 13.1. The lowest BCUT2D eigenvalue weighted by molar-refractivity contribution is -0.140. The van der Waals surface area contributed by atoms with E-state index in [0.717, 1.165) is 16.7 Å². The van der Waals surface area contributed by atoms with Gasteiger partial charge in [0.1, 0.15) is 6.04 Å². The summed E-state index contributed by atoms with van der Waals surface area (Å²) in [6.07, 6.45) is 0.286. The van der Waals surface area contributed by atoms with Crippen molar-refractivity contribution in [1.29, 1.82) is 0 Å². The molecule has 4 nitrogen and oxygen atoms in total. The molecule has 0 saturated heterocycles. The second-order valence-corrected chi connectivity index (χ2v) is 7.98. The van der Waals surface area contributed by atoms with Gasteiger partial charge in [-0.15, -0.1) is 0 Å². The summed E-state index contributed by atoms with van der Waals surface area (Å²) in [5.74, 6) is 0.208. The molecule has 0 radical (unpaired) electrons. The minimum absolute atomic E-state index is 0.0448. The summed E-state index contributed by atoms with van der Waals surface area (Å²) < 4.78 is 0. The van der Waals surface area contributed by atoms with Crippen LogP contribution >= 0.6 is 0 Å². The predicted molar refractivity (Wildman–Crippen MR) is 114 cm³/mol. The summed E-state index contributed by atoms with van der Waals surface area (Å²) in [5, 5.41) is 2.95. The molecule has 0 saturated carbocycles. The average molecular weight is 381 g/mol. The molecule has 1 N–H and O–H groups in total. The first-order valence-electron chi connectivity index (χ1n) is 9.94. The Hall–Kier alpha value is -2.62. The summed E-state index contributed by atoms with van der Waals surface area (Å²) in [5.41, 5.74) is 4.31. The molecule has 1 atom stereocenters. The SMILES string of the molecule is Cc1ccc(CC(=O)N(Cc2ccc(C)cc2)C(C)C(=O)NCC(C)C)cc1. The molecule has 0 fully saturated rings. The molecule has 0 aliphatic heterocycles. The molecule has 0 aromatic heterocycles. The molecule has 2 aromatic rings. The summed E-state index contributed by atoms with van der Waals surface area (Å²) in [4.78, 5) is 27.4. The van der Waals surface area contributed by atoms with Crippen LogP contribution in [-0.2, 0) is 22.6 Å². The Labute approximate surface area is 169 Å². The van der Waals surface area contributed by atoms with Crippen LogP contribution in [0.15, 0.2) is 48.5 Å². The lowest BCUT2D eigenvalue weighted by Crippen LogP contribution is -2.48. The third kappa shape index (κ3) is 6.52. The van der Waals surface area contributed by atoms with Crippen molar-refractivity contribution in [2.45, 2.75) is 53.6 Å². The lowest BCUT2D eigenvalue weighted by atomic mass is 10.1. The molecule has 4 heteroatoms. The predicted octanol–water partition coefficient (Wildman–Crippen LogP) is 4.04. The van der Waals surface area contributed by atoms with Gasteiger partial charge in [0, 0.05) is 13.1 Å². The fraction of sp³-hybridized carbons (Fsp3) is 0.417. The molecule has 150 valence electrons. The zero-order valence-electron chi connectivity index (χ0n) is 17.7. The fourth-order valence-electron chi connectivity index (χ4n) is 2.91. The molecule has 28 heavy (non-hydrogen) atoms. The van der Waals surface area contributed by atoms with Crippen LogP contribution in [0.2, 0.25) is 0 Å². The average Bonchev–Trinajstić information content (AvgIpc) is 2.66. The van der Waals surface area contributed by atoms with Crippen molar-refractivity contribution >= 4 is 11.8 Å². The Morgan fingerprint density at radius 3 is 1.86 bits per heavy atom. The molecule has 0 bridgehead atoms. The normalized spacial score (nSPS) is 11.9. The Kier molecular flexibility index (Phi) is 7.80. The number of hydrogen-bond donors (Lipinski definition) is 1. The molecule has 0 spiro atoms. The van der Waals surface area contributed by atoms with E-state index in [-0.39, 0.29) is 18.2 Å². The van der Waals surface area contributed by atoms with Crippen molar-refractivity contribution in [3.63, 3.8) is 0 Å². The van der Waals surface area contributed by atoms with E-state index in [0.29, 0.717) is 19.0 Å². The number of benzene rings is 2. The summed E-state index contributed by atoms with van der Waals surface area (Å²) in [6, 6.07) is 15.5. The molecule has 2 aromatic carbocycles. The van der Waals surface area contributed by atoms with Gasteiger partial charge < -0.3 is 10.2 Å². The van der Waals surface area contributed by atoms with E-state index >= 15 is 0 Å². The Balaban J connectivity index is 2.18. The van der Waals surface area contributed by atoms with Gasteiger partial charge in [-0.25, -0.2) is 0 Å². The molecule has 0 heterocycles. The molecule has 2 rings (SSSR count). The van der Waals surface area contributed by atoms with Crippen LogP contribution in [0.1, 0.15) is 43.0 Å². The van der Waals surface area contributed by atoms with E-state index in [9.17, 15) is 9.59 Å². The standard InChI is InChI=1S/C24H32N2O2/c1-17(2)15-25-24(28)20(5)26(16-22-12-8-19(4)9-13-22)23(27)14-21-10-6-18(3)7-11-21/h6-13,17,20H,14-16H2,1-5H3,(H,25,28). The number of hydrogen-bond acceptors (Lipinski definition) is 2. The van der Waals surface area contributed by atoms with Crippen LogP contribution < -0.4 is 5.32 Å². The van der Waals surface area contributed by atoms with E-state index in [2.05, 4.69) is 19.2 Å². The van der Waals surface area contributed by atoms with E-state index in [1.54, 1.807) is 11.8 Å². The lowest BCUT2D eigenvalue weighted by Gasteiger charge is -2.29. The monoisotopic (exact) mass is 380 g/mol. The fourth-order valence-corrected chi connectivity index (χ4v) is 2.91. The minimum atomic E-state index is -0.530. The van der Waals surface area contributed by atoms with Gasteiger partial charge in [-0.3, -0.25) is 9.59 Å². The Morgan fingerprint density at radius 1 is 0.857 bits per heavy atom. The first-order valence-corrected chi connectivity index (χ1v) is 9.94. The number of amides is 2. The highest BCUT2D eigenvalue weighted by Crippen LogP contribution is 2.14. The van der Waals surface area contributed by atoms with E-state index in [1.807, 2.05) is 62.4 Å². The van der Waals surface area contributed by atoms with Crippen LogP contribution in [0.4, 0.5) is 0 Å². The van der Waals surface area contributed by atoms with Gasteiger partial charge in [-0.1, -0.05) is 73.5 Å². The van der Waals surface area contributed by atoms with Crippen molar-refractivity contribution in [3.05, 3.63) is 70.8 Å². The third-order valence-corrected chi connectivity index (χ3v) is 4.80. The van der Waals surface area contributed by atoms with Gasteiger partial charge >= 0.3 is 0 Å². The minimum Gasteiger partial charge on any atom is -0.354 e. The molecular weight excluding hydrogens is 348 g/mol. The maximum Gasteiger partial charge on any atom is 0.242 e. The maximum atomic E-state index is 13.1. The highest BCUT2D eigenvalue weighted by atomic mass is 16.2. The van der Waals surface area contributed by atoms with Crippen LogP contribution in [-0.4, -0.2) is 29.3 Å². The first-order chi connectivity index (χ1) is 13.3. The van der Waals surface area contributed by atoms with Gasteiger partial charge in [0.15, 0.2) is 0 Å². The molecule has 0 aliphatic rings. The Bertz CT molecular complexity index is 779. The quantitative estimate of drug-likeness (QED) is 0.751. The number of aryl methyl sites for hydroxylation is 2. The highest BCUT2D eigenvalue weighted by molar-refractivity contribution is 5.88. The van der Waals surface area contributed by atoms with E-state index in [1.165, 1.54) is 5.56 Å². The Morgan fingerprint density at radius 2 is 1.36 bits per heavy atom. The number of carbonyl (C=O) groups excluding carboxylic acids is 2. The van der Waals surface area contributed by atoms with Gasteiger partial charge in [-0.2, -0.15) is 0 Å². The molecule has 0 aliphatic carbocycles. The van der Waals surface area contributed by atoms with E-state index in [4.69, 9.17) is 0 Å². The van der Waals surface area contributed by atoms with Gasteiger partial charge in [0.2, 0.25) is 11.8 Å². The van der Waals surface area contributed by atoms with Crippen molar-refractivity contribution in [2.24, 2.45) is 5.92 Å². The second kappa shape index (κ2) is 10.1. The highest BCUT2D eigenvalue weighted by Gasteiger charge is 2.26. The smallest absolute Gasteiger partial charge is 0.242 e. The van der Waals surface area contributed by atoms with Crippen molar-refractivity contribution in [2.75, 3.05) is 6.54 Å². The van der Waals surface area contributed by atoms with Gasteiger partial charge in [-0.05, 0) is 37.8 Å². The largest absolute Gasteiger partial charge is 0.354 e. The number of nitrogens with zero attached hydrogens (tertiary/aromatic N) is 1. The third-order valence-electron chi connectivity index (χ3n) is 4.80. The first kappa shape index (κ1) is 21.7. The zero-order valence-corrected chi connectivity index (χ0v) is 17.7. The number of carbonyl (C=O) groups is 2. The molecule has 2 amide bonds. The second-order valence-electron chi connectivity index (χ2n) is 7.98. The van der Waals surface area contributed by atoms with Crippen molar-refractivity contribution in [1.82, 2.24) is 10.2 Å². The van der Waals surface area contributed by atoms with Crippen molar-refractivity contribution in [3.8, 4) is 0 Å². The number of rotatable bonds is 8. The van der Waals surface area contributed by atoms with Crippen LogP contribution in [0.5, 0.6) is 0 Å².